The van der Waals surface area contributed by atoms with Crippen LogP contribution >= 0.6 is 11.6 Å². The summed E-state index contributed by atoms with van der Waals surface area (Å²) in [6.45, 7) is 5.23. The van der Waals surface area contributed by atoms with Gasteiger partial charge in [0.15, 0.2) is 6.10 Å². The Morgan fingerprint density at radius 1 is 1.08 bits per heavy atom. The molecular weight excluding hydrogens is 371 g/mol. The fraction of sp³-hybridized carbons (Fsp3) is 0.278. The van der Waals surface area contributed by atoms with Crippen LogP contribution in [0, 0.1) is 13.8 Å². The number of hydrogen-bond donors (Lipinski definition) is 1. The SMILES string of the molecule is Cc1cc(O[C@@H](C)C(=O)Nc2ccc(OC(F)(F)F)cc2)cc(C)c1Cl. The van der Waals surface area contributed by atoms with Crippen molar-refractivity contribution in [3.63, 3.8) is 0 Å². The molecular formula is C18H17ClF3NO3. The molecule has 1 atom stereocenters. The third-order valence-electron chi connectivity index (χ3n) is 3.45. The van der Waals surface area contributed by atoms with E-state index < -0.39 is 18.4 Å². The van der Waals surface area contributed by atoms with E-state index in [1.54, 1.807) is 19.1 Å². The Bertz CT molecular complexity index is 768. The molecule has 0 heterocycles. The highest BCUT2D eigenvalue weighted by Crippen LogP contribution is 2.27. The molecule has 0 spiro atoms. The number of anilines is 1. The van der Waals surface area contributed by atoms with Crippen LogP contribution in [0.5, 0.6) is 11.5 Å². The van der Waals surface area contributed by atoms with Crippen LogP contribution in [0.4, 0.5) is 18.9 Å². The van der Waals surface area contributed by atoms with Crippen LogP contribution in [0.15, 0.2) is 36.4 Å². The van der Waals surface area contributed by atoms with Crippen molar-refractivity contribution < 1.29 is 27.4 Å². The Morgan fingerprint density at radius 2 is 1.62 bits per heavy atom. The number of rotatable bonds is 5. The Hall–Kier alpha value is -2.41. The third-order valence-corrected chi connectivity index (χ3v) is 4.04. The largest absolute Gasteiger partial charge is 0.573 e. The number of alkyl halides is 3. The minimum atomic E-state index is -4.76. The smallest absolute Gasteiger partial charge is 0.481 e. The van der Waals surface area contributed by atoms with Gasteiger partial charge in [0.2, 0.25) is 0 Å². The van der Waals surface area contributed by atoms with Crippen molar-refractivity contribution in [2.24, 2.45) is 0 Å². The number of carbonyl (C=O) groups excluding carboxylic acids is 1. The molecule has 0 unspecified atom stereocenters. The van der Waals surface area contributed by atoms with Gasteiger partial charge in [0, 0.05) is 10.7 Å². The lowest BCUT2D eigenvalue weighted by Crippen LogP contribution is -2.30. The van der Waals surface area contributed by atoms with E-state index in [1.165, 1.54) is 12.1 Å². The monoisotopic (exact) mass is 387 g/mol. The summed E-state index contributed by atoms with van der Waals surface area (Å²) >= 11 is 6.09. The molecule has 140 valence electrons. The molecule has 0 bridgehead atoms. The highest BCUT2D eigenvalue weighted by Gasteiger charge is 2.31. The van der Waals surface area contributed by atoms with Crippen molar-refractivity contribution in [1.82, 2.24) is 0 Å². The molecule has 2 aromatic carbocycles. The first-order chi connectivity index (χ1) is 12.0. The summed E-state index contributed by atoms with van der Waals surface area (Å²) < 4.78 is 45.8. The summed E-state index contributed by atoms with van der Waals surface area (Å²) in [6.07, 6.45) is -5.58. The molecule has 0 saturated heterocycles. The lowest BCUT2D eigenvalue weighted by Gasteiger charge is -2.16. The van der Waals surface area contributed by atoms with E-state index in [0.717, 1.165) is 23.3 Å². The van der Waals surface area contributed by atoms with Crippen molar-refractivity contribution in [3.05, 3.63) is 52.5 Å². The molecule has 8 heteroatoms. The number of amides is 1. The molecule has 0 aliphatic heterocycles. The van der Waals surface area contributed by atoms with E-state index in [1.807, 2.05) is 13.8 Å². The van der Waals surface area contributed by atoms with E-state index in [2.05, 4.69) is 10.1 Å². The first kappa shape index (κ1) is 19.9. The zero-order valence-electron chi connectivity index (χ0n) is 14.3. The van der Waals surface area contributed by atoms with Crippen molar-refractivity contribution in [2.75, 3.05) is 5.32 Å². The fourth-order valence-corrected chi connectivity index (χ4v) is 2.32. The minimum Gasteiger partial charge on any atom is -0.481 e. The van der Waals surface area contributed by atoms with Gasteiger partial charge in [-0.1, -0.05) is 11.6 Å². The second kappa shape index (κ2) is 7.86. The first-order valence-electron chi connectivity index (χ1n) is 7.65. The molecule has 0 radical (unpaired) electrons. The standard InChI is InChI=1S/C18H17ClF3NO3/c1-10-8-15(9-11(2)16(10)19)25-12(3)17(24)23-13-4-6-14(7-5-13)26-18(20,21)22/h4-9,12H,1-3H3,(H,23,24)/t12-/m0/s1. The second-order valence-electron chi connectivity index (χ2n) is 5.69. The van der Waals surface area contributed by atoms with Crippen LogP contribution in [-0.4, -0.2) is 18.4 Å². The molecule has 0 aliphatic carbocycles. The Labute approximate surface area is 153 Å². The van der Waals surface area contributed by atoms with E-state index in [4.69, 9.17) is 16.3 Å². The van der Waals surface area contributed by atoms with Crippen LogP contribution in [0.3, 0.4) is 0 Å². The maximum absolute atomic E-state index is 12.2. The van der Waals surface area contributed by atoms with Gasteiger partial charge in [0.05, 0.1) is 0 Å². The maximum Gasteiger partial charge on any atom is 0.573 e. The number of halogens is 4. The highest BCUT2D eigenvalue weighted by atomic mass is 35.5. The van der Waals surface area contributed by atoms with Gasteiger partial charge in [-0.25, -0.2) is 0 Å². The number of hydrogen-bond acceptors (Lipinski definition) is 3. The molecule has 26 heavy (non-hydrogen) atoms. The summed E-state index contributed by atoms with van der Waals surface area (Å²) in [7, 11) is 0. The molecule has 1 amide bonds. The normalized spacial score (nSPS) is 12.4. The Balaban J connectivity index is 1.98. The van der Waals surface area contributed by atoms with Crippen LogP contribution in [0.2, 0.25) is 5.02 Å². The van der Waals surface area contributed by atoms with Crippen LogP contribution < -0.4 is 14.8 Å². The number of benzene rings is 2. The molecule has 2 rings (SSSR count). The van der Waals surface area contributed by atoms with Gasteiger partial charge in [-0.15, -0.1) is 13.2 Å². The number of carbonyl (C=O) groups is 1. The predicted molar refractivity (Wildman–Crippen MR) is 92.8 cm³/mol. The molecule has 2 aromatic rings. The fourth-order valence-electron chi connectivity index (χ4n) is 2.22. The lowest BCUT2D eigenvalue weighted by molar-refractivity contribution is -0.274. The average Bonchev–Trinajstić information content (AvgIpc) is 2.53. The quantitative estimate of drug-likeness (QED) is 0.761. The summed E-state index contributed by atoms with van der Waals surface area (Å²) in [5.74, 6) is -0.312. The topological polar surface area (TPSA) is 47.6 Å². The number of nitrogens with one attached hydrogen (secondary N) is 1. The first-order valence-corrected chi connectivity index (χ1v) is 8.03. The van der Waals surface area contributed by atoms with Gasteiger partial charge < -0.3 is 14.8 Å². The van der Waals surface area contributed by atoms with E-state index in [-0.39, 0.29) is 5.75 Å². The molecule has 4 nitrogen and oxygen atoms in total. The second-order valence-corrected chi connectivity index (χ2v) is 6.07. The van der Waals surface area contributed by atoms with Crippen LogP contribution in [0.1, 0.15) is 18.1 Å². The zero-order chi connectivity index (χ0) is 19.5. The predicted octanol–water partition coefficient (Wildman–Crippen LogP) is 5.26. The third kappa shape index (κ3) is 5.56. The van der Waals surface area contributed by atoms with E-state index in [9.17, 15) is 18.0 Å². The summed E-state index contributed by atoms with van der Waals surface area (Å²) in [5.41, 5.74) is 1.98. The maximum atomic E-state index is 12.2. The summed E-state index contributed by atoms with van der Waals surface area (Å²) in [4.78, 5) is 12.2. The van der Waals surface area contributed by atoms with Gasteiger partial charge in [-0.3, -0.25) is 4.79 Å². The van der Waals surface area contributed by atoms with Crippen molar-refractivity contribution in [3.8, 4) is 11.5 Å². The van der Waals surface area contributed by atoms with Crippen molar-refractivity contribution in [2.45, 2.75) is 33.2 Å². The van der Waals surface area contributed by atoms with Crippen LogP contribution in [0.25, 0.3) is 0 Å². The van der Waals surface area contributed by atoms with Gasteiger partial charge in [-0.2, -0.15) is 0 Å². The molecule has 0 saturated carbocycles. The number of ether oxygens (including phenoxy) is 2. The van der Waals surface area contributed by atoms with E-state index >= 15 is 0 Å². The molecule has 1 N–H and O–H groups in total. The summed E-state index contributed by atoms with van der Waals surface area (Å²) in [6, 6.07) is 8.29. The Morgan fingerprint density at radius 3 is 2.12 bits per heavy atom. The summed E-state index contributed by atoms with van der Waals surface area (Å²) in [5, 5.41) is 3.20. The van der Waals surface area contributed by atoms with Crippen LogP contribution in [-0.2, 0) is 4.79 Å². The van der Waals surface area contributed by atoms with E-state index in [0.29, 0.717) is 16.5 Å². The average molecular weight is 388 g/mol. The van der Waals surface area contributed by atoms with Gasteiger partial charge in [0.25, 0.3) is 5.91 Å². The molecule has 0 fully saturated rings. The highest BCUT2D eigenvalue weighted by molar-refractivity contribution is 6.32. The Kier molecular flexibility index (Phi) is 6.02. The lowest BCUT2D eigenvalue weighted by atomic mass is 10.1. The molecule has 0 aromatic heterocycles. The van der Waals surface area contributed by atoms with Crippen molar-refractivity contribution >= 4 is 23.2 Å². The van der Waals surface area contributed by atoms with Crippen molar-refractivity contribution in [1.29, 1.82) is 0 Å². The molecule has 0 aliphatic rings. The minimum absolute atomic E-state index is 0.323. The van der Waals surface area contributed by atoms with Gasteiger partial charge >= 0.3 is 6.36 Å². The van der Waals surface area contributed by atoms with Gasteiger partial charge in [-0.05, 0) is 68.3 Å². The zero-order valence-corrected chi connectivity index (χ0v) is 15.0. The van der Waals surface area contributed by atoms with Gasteiger partial charge in [0.1, 0.15) is 11.5 Å². The number of aryl methyl sites for hydroxylation is 2.